The first-order chi connectivity index (χ1) is 17.9. The number of aryl methyl sites for hydroxylation is 1. The van der Waals surface area contributed by atoms with Gasteiger partial charge in [0.25, 0.3) is 0 Å². The summed E-state index contributed by atoms with van der Waals surface area (Å²) in [4.78, 5) is 23.2. The number of alkyl halides is 3. The van der Waals surface area contributed by atoms with E-state index in [1.165, 1.54) is 13.0 Å². The number of hydrogen-bond donors (Lipinski definition) is 1. The zero-order valence-electron chi connectivity index (χ0n) is 22.5. The minimum Gasteiger partial charge on any atom is -0.496 e. The van der Waals surface area contributed by atoms with E-state index >= 15 is 0 Å². The number of aromatic nitrogens is 2. The zero-order chi connectivity index (χ0) is 27.8. The van der Waals surface area contributed by atoms with Gasteiger partial charge >= 0.3 is 6.18 Å². The van der Waals surface area contributed by atoms with E-state index in [1.807, 2.05) is 19.1 Å². The van der Waals surface area contributed by atoms with Crippen molar-refractivity contribution in [2.75, 3.05) is 26.5 Å². The Morgan fingerprint density at radius 3 is 2.53 bits per heavy atom. The minimum absolute atomic E-state index is 0.0417. The van der Waals surface area contributed by atoms with Crippen LogP contribution in [0.25, 0.3) is 16.5 Å². The van der Waals surface area contributed by atoms with E-state index in [-0.39, 0.29) is 17.4 Å². The van der Waals surface area contributed by atoms with Gasteiger partial charge in [-0.1, -0.05) is 18.2 Å². The lowest BCUT2D eigenvalue weighted by Gasteiger charge is -2.25. The van der Waals surface area contributed by atoms with E-state index in [0.29, 0.717) is 34.9 Å². The molecular formula is C29H33F3N4O2. The Labute approximate surface area is 220 Å². The molecule has 1 N–H and O–H groups in total. The third-order valence-electron chi connectivity index (χ3n) is 7.18. The van der Waals surface area contributed by atoms with E-state index < -0.39 is 17.8 Å². The van der Waals surface area contributed by atoms with Crippen LogP contribution < -0.4 is 10.1 Å². The van der Waals surface area contributed by atoms with Crippen LogP contribution in [0.2, 0.25) is 0 Å². The summed E-state index contributed by atoms with van der Waals surface area (Å²) in [6.45, 7) is 5.09. The van der Waals surface area contributed by atoms with Gasteiger partial charge in [-0.25, -0.2) is 9.97 Å². The van der Waals surface area contributed by atoms with Crippen molar-refractivity contribution in [3.8, 4) is 5.75 Å². The smallest absolute Gasteiger partial charge is 0.416 e. The molecule has 1 aromatic heterocycles. The van der Waals surface area contributed by atoms with Gasteiger partial charge < -0.3 is 15.0 Å². The number of rotatable bonds is 6. The van der Waals surface area contributed by atoms with Crippen LogP contribution in [0, 0.1) is 19.8 Å². The number of amides is 1. The number of carbonyl (C=O) groups excluding carboxylic acids is 1. The van der Waals surface area contributed by atoms with Crippen molar-refractivity contribution in [3.05, 3.63) is 64.5 Å². The van der Waals surface area contributed by atoms with Crippen LogP contribution >= 0.6 is 0 Å². The Kier molecular flexibility index (Phi) is 7.67. The Morgan fingerprint density at radius 2 is 1.92 bits per heavy atom. The Balaban J connectivity index is 1.73. The van der Waals surface area contributed by atoms with Gasteiger partial charge in [-0.15, -0.1) is 0 Å². The van der Waals surface area contributed by atoms with Crippen LogP contribution in [-0.2, 0) is 11.0 Å². The Morgan fingerprint density at radius 1 is 1.18 bits per heavy atom. The number of halogens is 3. The summed E-state index contributed by atoms with van der Waals surface area (Å²) in [5.74, 6) is 1.83. The molecule has 202 valence electrons. The lowest BCUT2D eigenvalue weighted by molar-refractivity contribution is -0.138. The van der Waals surface area contributed by atoms with Crippen molar-refractivity contribution < 1.29 is 22.7 Å². The van der Waals surface area contributed by atoms with Gasteiger partial charge in [-0.3, -0.25) is 4.79 Å². The molecule has 1 heterocycles. The third kappa shape index (κ3) is 5.47. The van der Waals surface area contributed by atoms with Crippen LogP contribution in [-0.4, -0.2) is 42.0 Å². The summed E-state index contributed by atoms with van der Waals surface area (Å²) >= 11 is 0. The van der Waals surface area contributed by atoms with Crippen molar-refractivity contribution in [2.24, 2.45) is 5.92 Å². The molecule has 0 aliphatic heterocycles. The number of anilines is 1. The Bertz CT molecular complexity index is 1400. The SMILES string of the molecule is COc1cc2nc(C)nc(N[C@H](C)c3cccc(C(F)(F)F)c3C)c2cc1C1=CCC(C(=O)N(C)C)CC1. The predicted molar refractivity (Wildman–Crippen MR) is 143 cm³/mol. The number of ether oxygens (including phenoxy) is 1. The van der Waals surface area contributed by atoms with Gasteiger partial charge in [0, 0.05) is 37.0 Å². The van der Waals surface area contributed by atoms with E-state index in [9.17, 15) is 18.0 Å². The predicted octanol–water partition coefficient (Wildman–Crippen LogP) is 6.72. The second-order valence-corrected chi connectivity index (χ2v) is 10.0. The van der Waals surface area contributed by atoms with Crippen molar-refractivity contribution >= 4 is 28.2 Å². The summed E-state index contributed by atoms with van der Waals surface area (Å²) in [5, 5.41) is 4.08. The summed E-state index contributed by atoms with van der Waals surface area (Å²) in [6, 6.07) is 7.63. The molecule has 38 heavy (non-hydrogen) atoms. The highest BCUT2D eigenvalue weighted by molar-refractivity contribution is 5.94. The quantitative estimate of drug-likeness (QED) is 0.386. The highest BCUT2D eigenvalue weighted by Crippen LogP contribution is 2.40. The number of carbonyl (C=O) groups is 1. The second-order valence-electron chi connectivity index (χ2n) is 10.0. The molecule has 0 saturated carbocycles. The van der Waals surface area contributed by atoms with Crippen molar-refractivity contribution in [3.63, 3.8) is 0 Å². The molecule has 2 aromatic carbocycles. The fourth-order valence-corrected chi connectivity index (χ4v) is 5.18. The van der Waals surface area contributed by atoms with Crippen molar-refractivity contribution in [1.29, 1.82) is 0 Å². The fraction of sp³-hybridized carbons (Fsp3) is 0.414. The molecule has 0 saturated heterocycles. The van der Waals surface area contributed by atoms with Gasteiger partial charge in [0.2, 0.25) is 5.91 Å². The first-order valence-electron chi connectivity index (χ1n) is 12.6. The molecule has 0 bridgehead atoms. The fourth-order valence-electron chi connectivity index (χ4n) is 5.18. The average molecular weight is 527 g/mol. The molecule has 6 nitrogen and oxygen atoms in total. The number of fused-ring (bicyclic) bond motifs is 1. The van der Waals surface area contributed by atoms with Gasteiger partial charge in [0.1, 0.15) is 17.4 Å². The maximum atomic E-state index is 13.5. The highest BCUT2D eigenvalue weighted by Gasteiger charge is 2.33. The van der Waals surface area contributed by atoms with E-state index in [4.69, 9.17) is 4.74 Å². The number of nitrogens with zero attached hydrogens (tertiary/aromatic N) is 3. The molecular weight excluding hydrogens is 493 g/mol. The molecule has 1 aliphatic rings. The molecule has 4 rings (SSSR count). The maximum Gasteiger partial charge on any atom is 0.416 e. The summed E-state index contributed by atoms with van der Waals surface area (Å²) in [7, 11) is 5.15. The average Bonchev–Trinajstić information content (AvgIpc) is 2.86. The zero-order valence-corrected chi connectivity index (χ0v) is 22.5. The third-order valence-corrected chi connectivity index (χ3v) is 7.18. The molecule has 3 aromatic rings. The van der Waals surface area contributed by atoms with Gasteiger partial charge in [-0.05, 0) is 68.9 Å². The lowest BCUT2D eigenvalue weighted by Crippen LogP contribution is -2.30. The van der Waals surface area contributed by atoms with Gasteiger partial charge in [-0.2, -0.15) is 13.2 Å². The first-order valence-corrected chi connectivity index (χ1v) is 12.6. The van der Waals surface area contributed by atoms with Crippen LogP contribution in [0.3, 0.4) is 0 Å². The molecule has 0 spiro atoms. The van der Waals surface area contributed by atoms with E-state index in [2.05, 4.69) is 21.4 Å². The number of benzene rings is 2. The number of hydrogen-bond acceptors (Lipinski definition) is 5. The Hall–Kier alpha value is -3.62. The van der Waals surface area contributed by atoms with Gasteiger partial charge in [0.05, 0.1) is 24.2 Å². The summed E-state index contributed by atoms with van der Waals surface area (Å²) < 4.78 is 46.2. The van der Waals surface area contributed by atoms with E-state index in [1.54, 1.807) is 39.1 Å². The normalized spacial score (nSPS) is 16.7. The summed E-state index contributed by atoms with van der Waals surface area (Å²) in [6.07, 6.45) is -0.217. The molecule has 9 heteroatoms. The first kappa shape index (κ1) is 27.4. The monoisotopic (exact) mass is 526 g/mol. The van der Waals surface area contributed by atoms with Crippen LogP contribution in [0.5, 0.6) is 5.75 Å². The molecule has 0 fully saturated rings. The number of methoxy groups -OCH3 is 1. The topological polar surface area (TPSA) is 67.4 Å². The summed E-state index contributed by atoms with van der Waals surface area (Å²) in [5.41, 5.74) is 2.74. The van der Waals surface area contributed by atoms with Crippen LogP contribution in [0.15, 0.2) is 36.4 Å². The molecule has 2 atom stereocenters. The lowest BCUT2D eigenvalue weighted by atomic mass is 9.85. The molecule has 1 unspecified atom stereocenters. The minimum atomic E-state index is -4.42. The van der Waals surface area contributed by atoms with Crippen LogP contribution in [0.4, 0.5) is 19.0 Å². The van der Waals surface area contributed by atoms with Gasteiger partial charge in [0.15, 0.2) is 0 Å². The van der Waals surface area contributed by atoms with Crippen molar-refractivity contribution in [2.45, 2.75) is 52.3 Å². The molecule has 1 amide bonds. The maximum absolute atomic E-state index is 13.5. The largest absolute Gasteiger partial charge is 0.496 e. The molecule has 1 aliphatic carbocycles. The number of allylic oxidation sites excluding steroid dienone is 2. The molecule has 0 radical (unpaired) electrons. The second kappa shape index (κ2) is 10.6. The standard InChI is InChI=1S/C29H33F3N4O2/c1-16-21(8-7-9-24(16)29(30,31)32)17(2)33-27-23-14-22(26(38-6)15-25(23)34-18(3)35-27)19-10-12-20(13-11-19)28(37)36(4)5/h7-10,14-15,17,20H,11-13H2,1-6H3,(H,33,34,35)/t17-,20?/m1/s1. The highest BCUT2D eigenvalue weighted by atomic mass is 19.4. The number of nitrogens with one attached hydrogen (secondary N) is 1. The van der Waals surface area contributed by atoms with Crippen molar-refractivity contribution in [1.82, 2.24) is 14.9 Å². The van der Waals surface area contributed by atoms with E-state index in [0.717, 1.165) is 35.4 Å². The van der Waals surface area contributed by atoms with Crippen LogP contribution in [0.1, 0.15) is 60.3 Å².